The Hall–Kier alpha value is -1.25. The molecule has 0 bridgehead atoms. The predicted octanol–water partition coefficient (Wildman–Crippen LogP) is 2.24. The van der Waals surface area contributed by atoms with Gasteiger partial charge in [0.15, 0.2) is 12.1 Å². The summed E-state index contributed by atoms with van der Waals surface area (Å²) < 4.78 is 0. The summed E-state index contributed by atoms with van der Waals surface area (Å²) in [6.45, 7) is 0. The topological polar surface area (TPSA) is 51.2 Å². The van der Waals surface area contributed by atoms with E-state index in [4.69, 9.17) is 0 Å². The summed E-state index contributed by atoms with van der Waals surface area (Å²) in [6.07, 6.45) is 10.8. The van der Waals surface area contributed by atoms with Gasteiger partial charge in [0.05, 0.1) is 0 Å². The monoisotopic (exact) mass is 222 g/mol. The Morgan fingerprint density at radius 3 is 2.75 bits per heavy atom. The molecule has 1 aliphatic rings. The van der Waals surface area contributed by atoms with E-state index in [-0.39, 0.29) is 6.42 Å². The number of hydrogen-bond donors (Lipinski definition) is 0. The van der Waals surface area contributed by atoms with Crippen LogP contribution in [-0.4, -0.2) is 18.4 Å². The molecule has 88 valence electrons. The minimum Gasteiger partial charge on any atom is -0.303 e. The van der Waals surface area contributed by atoms with Crippen LogP contribution in [-0.2, 0) is 14.4 Å². The molecular weight excluding hydrogens is 204 g/mol. The smallest absolute Gasteiger partial charge is 0.195 e. The largest absolute Gasteiger partial charge is 0.303 e. The first-order valence-electron chi connectivity index (χ1n) is 5.82. The maximum absolute atomic E-state index is 11.2. The van der Waals surface area contributed by atoms with Crippen molar-refractivity contribution in [2.75, 3.05) is 0 Å². The first-order valence-corrected chi connectivity index (χ1v) is 5.82. The number of Topliss-reactive ketones (excluding diaryl/α,β-unsaturated/α-hetero) is 1. The Morgan fingerprint density at radius 2 is 2.06 bits per heavy atom. The van der Waals surface area contributed by atoms with Crippen molar-refractivity contribution < 1.29 is 14.4 Å². The Bertz CT molecular complexity index is 294. The molecule has 0 radical (unpaired) electrons. The van der Waals surface area contributed by atoms with Gasteiger partial charge in [0, 0.05) is 11.8 Å². The molecular formula is C13H18O3. The summed E-state index contributed by atoms with van der Waals surface area (Å²) in [5.41, 5.74) is -0.421. The van der Waals surface area contributed by atoms with Gasteiger partial charge < -0.3 is 4.79 Å². The van der Waals surface area contributed by atoms with E-state index < -0.39 is 11.2 Å². The Kier molecular flexibility index (Phi) is 5.09. The molecule has 3 nitrogen and oxygen atoms in total. The minimum absolute atomic E-state index is 0.191. The van der Waals surface area contributed by atoms with Gasteiger partial charge >= 0.3 is 0 Å². The van der Waals surface area contributed by atoms with Gasteiger partial charge in [-0.15, -0.1) is 0 Å². The lowest BCUT2D eigenvalue weighted by Crippen LogP contribution is -2.24. The lowest BCUT2D eigenvalue weighted by Gasteiger charge is -2.27. The lowest BCUT2D eigenvalue weighted by molar-refractivity contribution is -0.130. The number of ketones is 1. The standard InChI is InChI=1S/C13H18O3/c14-10-12(16)6-9-13(11-15)7-4-2-1-3-5-8-13/h2,4,10-11H,1,3,5-9H2/b4-2-. The number of aldehydes is 2. The summed E-state index contributed by atoms with van der Waals surface area (Å²) in [6, 6.07) is 0. The van der Waals surface area contributed by atoms with Crippen molar-refractivity contribution >= 4 is 18.4 Å². The molecule has 0 heterocycles. The third-order valence-electron chi connectivity index (χ3n) is 3.24. The zero-order chi connectivity index (χ0) is 11.9. The molecule has 0 spiro atoms. The first kappa shape index (κ1) is 12.8. The highest BCUT2D eigenvalue weighted by Gasteiger charge is 2.29. The van der Waals surface area contributed by atoms with Crippen LogP contribution in [0.25, 0.3) is 0 Å². The third kappa shape index (κ3) is 3.72. The molecule has 16 heavy (non-hydrogen) atoms. The average molecular weight is 222 g/mol. The molecule has 0 fully saturated rings. The first-order chi connectivity index (χ1) is 7.72. The molecule has 0 amide bonds. The quantitative estimate of drug-likeness (QED) is 0.407. The minimum atomic E-state index is -0.421. The van der Waals surface area contributed by atoms with Gasteiger partial charge in [-0.2, -0.15) is 0 Å². The van der Waals surface area contributed by atoms with Gasteiger partial charge in [-0.1, -0.05) is 18.6 Å². The second-order valence-corrected chi connectivity index (χ2v) is 4.49. The molecule has 0 aromatic carbocycles. The number of carbonyl (C=O) groups is 3. The molecule has 1 atom stereocenters. The molecule has 1 aliphatic carbocycles. The number of rotatable bonds is 5. The van der Waals surface area contributed by atoms with Crippen LogP contribution in [0.3, 0.4) is 0 Å². The zero-order valence-electron chi connectivity index (χ0n) is 9.48. The van der Waals surface area contributed by atoms with Crippen molar-refractivity contribution in [2.45, 2.75) is 44.9 Å². The third-order valence-corrected chi connectivity index (χ3v) is 3.24. The van der Waals surface area contributed by atoms with Crippen molar-refractivity contribution in [3.63, 3.8) is 0 Å². The highest BCUT2D eigenvalue weighted by atomic mass is 16.2. The average Bonchev–Trinajstić information content (AvgIpc) is 2.28. The summed E-state index contributed by atoms with van der Waals surface area (Å²) in [5.74, 6) is -0.410. The van der Waals surface area contributed by atoms with Crippen molar-refractivity contribution in [1.29, 1.82) is 0 Å². The molecule has 0 aliphatic heterocycles. The molecule has 0 N–H and O–H groups in total. The maximum Gasteiger partial charge on any atom is 0.195 e. The Balaban J connectivity index is 2.62. The number of carbonyl (C=O) groups excluding carboxylic acids is 3. The van der Waals surface area contributed by atoms with Crippen molar-refractivity contribution in [2.24, 2.45) is 5.41 Å². The number of allylic oxidation sites excluding steroid dienone is 2. The van der Waals surface area contributed by atoms with Gasteiger partial charge in [-0.3, -0.25) is 9.59 Å². The van der Waals surface area contributed by atoms with Crippen molar-refractivity contribution in [1.82, 2.24) is 0 Å². The highest BCUT2D eigenvalue weighted by Crippen LogP contribution is 2.34. The SMILES string of the molecule is O=CC(=O)CCC1(C=O)C/C=C\CCCC1. The van der Waals surface area contributed by atoms with E-state index in [1.807, 2.05) is 6.08 Å². The van der Waals surface area contributed by atoms with Crippen molar-refractivity contribution in [3.05, 3.63) is 12.2 Å². The van der Waals surface area contributed by atoms with E-state index in [9.17, 15) is 14.4 Å². The fourth-order valence-electron chi connectivity index (χ4n) is 2.10. The van der Waals surface area contributed by atoms with E-state index in [1.54, 1.807) is 0 Å². The normalized spacial score (nSPS) is 27.5. The van der Waals surface area contributed by atoms with Crippen LogP contribution >= 0.6 is 0 Å². The van der Waals surface area contributed by atoms with Crippen LogP contribution in [0.1, 0.15) is 44.9 Å². The maximum atomic E-state index is 11.2. The molecule has 1 unspecified atom stereocenters. The van der Waals surface area contributed by atoms with Crippen LogP contribution in [0, 0.1) is 5.41 Å². The van der Waals surface area contributed by atoms with E-state index in [0.29, 0.717) is 19.1 Å². The summed E-state index contributed by atoms with van der Waals surface area (Å²) in [7, 11) is 0. The van der Waals surface area contributed by atoms with E-state index >= 15 is 0 Å². The highest BCUT2D eigenvalue weighted by molar-refractivity contribution is 6.24. The van der Waals surface area contributed by atoms with E-state index in [0.717, 1.165) is 32.0 Å². The molecule has 3 heteroatoms. The molecule has 0 aromatic heterocycles. The predicted molar refractivity (Wildman–Crippen MR) is 61.0 cm³/mol. The van der Waals surface area contributed by atoms with Gasteiger partial charge in [-0.05, 0) is 32.1 Å². The zero-order valence-corrected chi connectivity index (χ0v) is 9.48. The second-order valence-electron chi connectivity index (χ2n) is 4.49. The van der Waals surface area contributed by atoms with Gasteiger partial charge in [-0.25, -0.2) is 0 Å². The van der Waals surface area contributed by atoms with Crippen LogP contribution < -0.4 is 0 Å². The van der Waals surface area contributed by atoms with Crippen LogP contribution in [0.4, 0.5) is 0 Å². The molecule has 0 saturated heterocycles. The van der Waals surface area contributed by atoms with E-state index in [1.165, 1.54) is 0 Å². The Labute approximate surface area is 95.9 Å². The summed E-state index contributed by atoms with van der Waals surface area (Å²) >= 11 is 0. The van der Waals surface area contributed by atoms with Gasteiger partial charge in [0.2, 0.25) is 0 Å². The summed E-state index contributed by atoms with van der Waals surface area (Å²) in [4.78, 5) is 32.4. The Morgan fingerprint density at radius 1 is 1.25 bits per heavy atom. The number of hydrogen-bond acceptors (Lipinski definition) is 3. The summed E-state index contributed by atoms with van der Waals surface area (Å²) in [5, 5.41) is 0. The van der Waals surface area contributed by atoms with Crippen LogP contribution in [0.15, 0.2) is 12.2 Å². The van der Waals surface area contributed by atoms with E-state index in [2.05, 4.69) is 6.08 Å². The molecule has 0 aromatic rings. The van der Waals surface area contributed by atoms with Gasteiger partial charge in [0.1, 0.15) is 6.29 Å². The van der Waals surface area contributed by atoms with Gasteiger partial charge in [0.25, 0.3) is 0 Å². The lowest BCUT2D eigenvalue weighted by atomic mass is 9.75. The fraction of sp³-hybridized carbons (Fsp3) is 0.615. The van der Waals surface area contributed by atoms with Crippen LogP contribution in [0.5, 0.6) is 0 Å². The van der Waals surface area contributed by atoms with Crippen molar-refractivity contribution in [3.8, 4) is 0 Å². The molecule has 1 rings (SSSR count). The second kappa shape index (κ2) is 6.36. The fourth-order valence-corrected chi connectivity index (χ4v) is 2.10. The van der Waals surface area contributed by atoms with Crippen LogP contribution in [0.2, 0.25) is 0 Å². The molecule has 0 saturated carbocycles.